The van der Waals surface area contributed by atoms with Gasteiger partial charge in [0.05, 0.1) is 6.10 Å². The zero-order chi connectivity index (χ0) is 17.6. The van der Waals surface area contributed by atoms with Crippen LogP contribution in [0.5, 0.6) is 0 Å². The summed E-state index contributed by atoms with van der Waals surface area (Å²) in [6, 6.07) is 8.50. The first-order chi connectivity index (χ1) is 12.2. The number of anilines is 1. The van der Waals surface area contributed by atoms with E-state index >= 15 is 0 Å². The summed E-state index contributed by atoms with van der Waals surface area (Å²) in [6.45, 7) is 7.25. The summed E-state index contributed by atoms with van der Waals surface area (Å²) < 4.78 is 29.4. The van der Waals surface area contributed by atoms with Gasteiger partial charge >= 0.3 is 6.61 Å². The molecule has 0 radical (unpaired) electrons. The predicted octanol–water partition coefficient (Wildman–Crippen LogP) is 3.03. The lowest BCUT2D eigenvalue weighted by molar-refractivity contribution is -0.158. The number of benzene rings is 1. The van der Waals surface area contributed by atoms with Gasteiger partial charge in [-0.25, -0.2) is 0 Å². The van der Waals surface area contributed by atoms with Gasteiger partial charge in [-0.1, -0.05) is 25.1 Å². The lowest BCUT2D eigenvalue weighted by Gasteiger charge is -2.37. The highest BCUT2D eigenvalue weighted by atomic mass is 19.3. The molecule has 0 amide bonds. The number of hydrogen-bond donors (Lipinski definition) is 0. The summed E-state index contributed by atoms with van der Waals surface area (Å²) in [6.07, 6.45) is 1.54. The quantitative estimate of drug-likeness (QED) is 0.750. The minimum absolute atomic E-state index is 0.343. The molecule has 140 valence electrons. The van der Waals surface area contributed by atoms with Crippen LogP contribution in [-0.4, -0.2) is 68.3 Å². The van der Waals surface area contributed by atoms with E-state index in [0.717, 1.165) is 39.3 Å². The Kier molecular flexibility index (Phi) is 6.62. The van der Waals surface area contributed by atoms with Gasteiger partial charge < -0.3 is 9.64 Å². The number of alkyl halides is 2. The second kappa shape index (κ2) is 8.92. The topological polar surface area (TPSA) is 19.0 Å². The molecule has 1 atom stereocenters. The third-order valence-corrected chi connectivity index (χ3v) is 5.16. The Morgan fingerprint density at radius 1 is 1.08 bits per heavy atom. The molecule has 25 heavy (non-hydrogen) atoms. The van der Waals surface area contributed by atoms with Crippen LogP contribution in [0.4, 0.5) is 14.5 Å². The minimum Gasteiger partial charge on any atom is -0.369 e. The second-order valence-corrected chi connectivity index (χ2v) is 7.00. The maximum Gasteiger partial charge on any atom is 0.345 e. The van der Waals surface area contributed by atoms with Crippen molar-refractivity contribution < 1.29 is 13.5 Å². The molecule has 0 saturated carbocycles. The molecule has 1 aromatic rings. The fraction of sp³-hybridized carbons (Fsp3) is 0.684. The molecule has 2 saturated heterocycles. The van der Waals surface area contributed by atoms with Crippen molar-refractivity contribution in [1.29, 1.82) is 0 Å². The Labute approximate surface area is 149 Å². The van der Waals surface area contributed by atoms with Crippen molar-refractivity contribution in [3.63, 3.8) is 0 Å². The number of halogens is 2. The summed E-state index contributed by atoms with van der Waals surface area (Å²) in [4.78, 5) is 7.20. The third-order valence-electron chi connectivity index (χ3n) is 5.16. The van der Waals surface area contributed by atoms with Crippen molar-refractivity contribution in [3.05, 3.63) is 29.8 Å². The van der Waals surface area contributed by atoms with Crippen molar-refractivity contribution in [3.8, 4) is 0 Å². The Morgan fingerprint density at radius 3 is 2.56 bits per heavy atom. The number of hydrogen-bond acceptors (Lipinski definition) is 4. The van der Waals surface area contributed by atoms with Crippen LogP contribution in [0.1, 0.15) is 25.3 Å². The molecule has 2 aliphatic heterocycles. The standard InChI is InChI=1S/C19H29F2N3O/c1-2-8-22-10-12-24(13-11-22)18-6-4-3-5-16(18)14-23-9-7-17(15-23)25-19(20)21/h3-6,17,19H,2,7-15H2,1H3/t17-/m0/s1. The monoisotopic (exact) mass is 353 g/mol. The van der Waals surface area contributed by atoms with Crippen LogP contribution < -0.4 is 4.90 Å². The molecule has 3 rings (SSSR count). The first-order valence-corrected chi connectivity index (χ1v) is 9.37. The van der Waals surface area contributed by atoms with Gasteiger partial charge in [-0.2, -0.15) is 8.78 Å². The molecule has 0 bridgehead atoms. The molecule has 4 nitrogen and oxygen atoms in total. The van der Waals surface area contributed by atoms with E-state index in [1.165, 1.54) is 24.2 Å². The summed E-state index contributed by atoms with van der Waals surface area (Å²) >= 11 is 0. The summed E-state index contributed by atoms with van der Waals surface area (Å²) in [5, 5.41) is 0. The predicted molar refractivity (Wildman–Crippen MR) is 96.2 cm³/mol. The number of rotatable bonds is 7. The lowest BCUT2D eigenvalue weighted by Crippen LogP contribution is -2.46. The van der Waals surface area contributed by atoms with Crippen LogP contribution in [0.15, 0.2) is 24.3 Å². The van der Waals surface area contributed by atoms with E-state index in [2.05, 4.69) is 50.6 Å². The molecule has 2 aliphatic rings. The highest BCUT2D eigenvalue weighted by molar-refractivity contribution is 5.54. The lowest BCUT2D eigenvalue weighted by atomic mass is 10.1. The number of likely N-dealkylation sites (tertiary alicyclic amines) is 1. The molecule has 0 unspecified atom stereocenters. The van der Waals surface area contributed by atoms with Gasteiger partial charge in [-0.05, 0) is 31.0 Å². The number of nitrogens with zero attached hydrogens (tertiary/aromatic N) is 3. The summed E-state index contributed by atoms with van der Waals surface area (Å²) in [7, 11) is 0. The van der Waals surface area contributed by atoms with Crippen molar-refractivity contribution in [2.75, 3.05) is 50.7 Å². The second-order valence-electron chi connectivity index (χ2n) is 7.00. The average molecular weight is 353 g/mol. The van der Waals surface area contributed by atoms with Crippen molar-refractivity contribution in [1.82, 2.24) is 9.80 Å². The normalized spacial score (nSPS) is 22.9. The van der Waals surface area contributed by atoms with Crippen molar-refractivity contribution >= 4 is 5.69 Å². The first-order valence-electron chi connectivity index (χ1n) is 9.37. The molecule has 0 spiro atoms. The maximum atomic E-state index is 12.4. The smallest absolute Gasteiger partial charge is 0.345 e. The molecule has 1 aromatic carbocycles. The fourth-order valence-electron chi connectivity index (χ4n) is 3.92. The van der Waals surface area contributed by atoms with Gasteiger partial charge in [0.2, 0.25) is 0 Å². The van der Waals surface area contributed by atoms with Crippen LogP contribution in [0.3, 0.4) is 0 Å². The maximum absolute atomic E-state index is 12.4. The zero-order valence-corrected chi connectivity index (χ0v) is 15.0. The zero-order valence-electron chi connectivity index (χ0n) is 15.0. The largest absolute Gasteiger partial charge is 0.369 e. The first kappa shape index (κ1) is 18.5. The van der Waals surface area contributed by atoms with Gasteiger partial charge in [0.1, 0.15) is 0 Å². The van der Waals surface area contributed by atoms with E-state index in [1.807, 2.05) is 0 Å². The Morgan fingerprint density at radius 2 is 1.84 bits per heavy atom. The summed E-state index contributed by atoms with van der Waals surface area (Å²) in [5.74, 6) is 0. The van der Waals surface area contributed by atoms with E-state index in [-0.39, 0.29) is 6.10 Å². The number of para-hydroxylation sites is 1. The Balaban J connectivity index is 1.58. The van der Waals surface area contributed by atoms with Crippen molar-refractivity contribution in [2.24, 2.45) is 0 Å². The van der Waals surface area contributed by atoms with E-state index in [4.69, 9.17) is 0 Å². The molecule has 2 fully saturated rings. The molecular formula is C19H29F2N3O. The van der Waals surface area contributed by atoms with Gasteiger partial charge in [0.25, 0.3) is 0 Å². The molecule has 2 heterocycles. The number of ether oxygens (including phenoxy) is 1. The minimum atomic E-state index is -2.67. The van der Waals surface area contributed by atoms with Gasteiger partial charge in [-0.3, -0.25) is 9.80 Å². The molecular weight excluding hydrogens is 324 g/mol. The Hall–Kier alpha value is -1.24. The molecule has 0 N–H and O–H groups in total. The molecule has 6 heteroatoms. The highest BCUT2D eigenvalue weighted by Crippen LogP contribution is 2.25. The van der Waals surface area contributed by atoms with Crippen LogP contribution in [-0.2, 0) is 11.3 Å². The van der Waals surface area contributed by atoms with Crippen LogP contribution in [0.2, 0.25) is 0 Å². The summed E-state index contributed by atoms with van der Waals surface area (Å²) in [5.41, 5.74) is 2.57. The SMILES string of the molecule is CCCN1CCN(c2ccccc2CN2CC[C@H](OC(F)F)C2)CC1. The average Bonchev–Trinajstić information content (AvgIpc) is 3.03. The van der Waals surface area contributed by atoms with Crippen LogP contribution in [0, 0.1) is 0 Å². The van der Waals surface area contributed by atoms with E-state index in [1.54, 1.807) is 0 Å². The van der Waals surface area contributed by atoms with Gasteiger partial charge in [-0.15, -0.1) is 0 Å². The molecule has 0 aliphatic carbocycles. The van der Waals surface area contributed by atoms with Crippen LogP contribution >= 0.6 is 0 Å². The van der Waals surface area contributed by atoms with E-state index < -0.39 is 6.61 Å². The highest BCUT2D eigenvalue weighted by Gasteiger charge is 2.27. The third kappa shape index (κ3) is 5.12. The van der Waals surface area contributed by atoms with Crippen molar-refractivity contribution in [2.45, 2.75) is 39.0 Å². The Bertz CT molecular complexity index is 535. The van der Waals surface area contributed by atoms with E-state index in [9.17, 15) is 8.78 Å². The van der Waals surface area contributed by atoms with Gasteiger partial charge in [0, 0.05) is 51.5 Å². The van der Waals surface area contributed by atoms with E-state index in [0.29, 0.717) is 13.0 Å². The fourth-order valence-corrected chi connectivity index (χ4v) is 3.92. The number of piperazine rings is 1. The molecule has 0 aromatic heterocycles. The van der Waals surface area contributed by atoms with Gasteiger partial charge in [0.15, 0.2) is 0 Å². The van der Waals surface area contributed by atoms with Crippen LogP contribution in [0.25, 0.3) is 0 Å².